The van der Waals surface area contributed by atoms with Crippen molar-refractivity contribution in [1.82, 2.24) is 5.01 Å². The summed E-state index contributed by atoms with van der Waals surface area (Å²) in [5.41, 5.74) is 3.15. The van der Waals surface area contributed by atoms with Crippen molar-refractivity contribution in [3.63, 3.8) is 0 Å². The van der Waals surface area contributed by atoms with Gasteiger partial charge in [-0.1, -0.05) is 66.7 Å². The van der Waals surface area contributed by atoms with Crippen LogP contribution in [0.4, 0.5) is 5.69 Å². The third-order valence-corrected chi connectivity index (χ3v) is 6.85. The van der Waals surface area contributed by atoms with Crippen molar-refractivity contribution >= 4 is 17.3 Å². The lowest BCUT2D eigenvalue weighted by atomic mass is 9.93. The number of carbonyl (C=O) groups is 1. The molecule has 34 heavy (non-hydrogen) atoms. The summed E-state index contributed by atoms with van der Waals surface area (Å²) >= 11 is 0. The van der Waals surface area contributed by atoms with Crippen LogP contribution in [0, 0.1) is 0 Å². The standard InChI is InChI=1S/C28H21N3O3/c32-27-28(21-12-5-6-13-23(21)30(27)18-19-9-2-1-3-10-19)31-24(20-11-4-7-14-25(20)34-28)17-22(29-31)26-15-8-16-33-26/h1-16,24H,17-18H2. The fourth-order valence-electron chi connectivity index (χ4n) is 5.34. The van der Waals surface area contributed by atoms with Crippen LogP contribution in [0.5, 0.6) is 5.75 Å². The van der Waals surface area contributed by atoms with Gasteiger partial charge in [-0.3, -0.25) is 4.79 Å². The molecule has 0 bridgehead atoms. The highest BCUT2D eigenvalue weighted by molar-refractivity contribution is 6.08. The van der Waals surface area contributed by atoms with Crippen LogP contribution in [0.3, 0.4) is 0 Å². The average molecular weight is 447 g/mol. The summed E-state index contributed by atoms with van der Waals surface area (Å²) in [6.07, 6.45) is 2.27. The summed E-state index contributed by atoms with van der Waals surface area (Å²) < 4.78 is 12.3. The number of ether oxygens (including phenoxy) is 1. The van der Waals surface area contributed by atoms with Crippen LogP contribution in [-0.4, -0.2) is 16.6 Å². The molecule has 1 spiro atoms. The Morgan fingerprint density at radius 3 is 2.56 bits per heavy atom. The van der Waals surface area contributed by atoms with E-state index in [0.29, 0.717) is 24.5 Å². The molecule has 0 saturated heterocycles. The van der Waals surface area contributed by atoms with Gasteiger partial charge in [0.1, 0.15) is 17.2 Å². The van der Waals surface area contributed by atoms with Crippen molar-refractivity contribution in [2.45, 2.75) is 24.7 Å². The summed E-state index contributed by atoms with van der Waals surface area (Å²) in [5.74, 6) is 1.28. The van der Waals surface area contributed by atoms with E-state index in [9.17, 15) is 4.79 Å². The molecular weight excluding hydrogens is 426 g/mol. The largest absolute Gasteiger partial charge is 0.463 e. The molecule has 1 amide bonds. The van der Waals surface area contributed by atoms with E-state index in [4.69, 9.17) is 14.3 Å². The molecular formula is C28H21N3O3. The van der Waals surface area contributed by atoms with Gasteiger partial charge in [0, 0.05) is 12.0 Å². The molecule has 166 valence electrons. The SMILES string of the molecule is O=C1N(Cc2ccccc2)c2ccccc2C12Oc1ccccc1C1CC(c3ccco3)=NN12. The molecule has 1 aromatic heterocycles. The predicted octanol–water partition coefficient (Wildman–Crippen LogP) is 5.22. The van der Waals surface area contributed by atoms with Crippen LogP contribution in [0.25, 0.3) is 0 Å². The molecule has 4 heterocycles. The lowest BCUT2D eigenvalue weighted by molar-refractivity contribution is -0.164. The van der Waals surface area contributed by atoms with Gasteiger partial charge in [0.05, 0.1) is 30.1 Å². The zero-order chi connectivity index (χ0) is 22.7. The number of hydrazone groups is 1. The smallest absolute Gasteiger partial charge is 0.306 e. The molecule has 0 saturated carbocycles. The third kappa shape index (κ3) is 2.56. The van der Waals surface area contributed by atoms with Gasteiger partial charge in [0.15, 0.2) is 0 Å². The van der Waals surface area contributed by atoms with E-state index in [0.717, 1.165) is 28.1 Å². The molecule has 6 nitrogen and oxygen atoms in total. The van der Waals surface area contributed by atoms with E-state index < -0.39 is 5.72 Å². The fourth-order valence-corrected chi connectivity index (χ4v) is 5.34. The molecule has 3 aliphatic heterocycles. The quantitative estimate of drug-likeness (QED) is 0.432. The van der Waals surface area contributed by atoms with E-state index in [1.165, 1.54) is 0 Å². The number of carbonyl (C=O) groups excluding carboxylic acids is 1. The second-order valence-corrected chi connectivity index (χ2v) is 8.77. The molecule has 0 fully saturated rings. The van der Waals surface area contributed by atoms with Gasteiger partial charge >= 0.3 is 5.72 Å². The van der Waals surface area contributed by atoms with Crippen LogP contribution in [0.1, 0.15) is 34.9 Å². The van der Waals surface area contributed by atoms with E-state index in [1.807, 2.05) is 101 Å². The Morgan fingerprint density at radius 1 is 0.912 bits per heavy atom. The minimum atomic E-state index is -1.38. The van der Waals surface area contributed by atoms with E-state index in [1.54, 1.807) is 6.26 Å². The maximum absolute atomic E-state index is 14.4. The zero-order valence-electron chi connectivity index (χ0n) is 18.3. The normalized spacial score (nSPS) is 22.3. The number of nitrogens with zero attached hydrogens (tertiary/aromatic N) is 3. The summed E-state index contributed by atoms with van der Waals surface area (Å²) in [7, 11) is 0. The van der Waals surface area contributed by atoms with Crippen LogP contribution in [0.15, 0.2) is 107 Å². The van der Waals surface area contributed by atoms with E-state index in [2.05, 4.69) is 0 Å². The van der Waals surface area contributed by atoms with Gasteiger partial charge in [-0.2, -0.15) is 5.10 Å². The van der Waals surface area contributed by atoms with Gasteiger partial charge in [0.25, 0.3) is 5.91 Å². The summed E-state index contributed by atoms with van der Waals surface area (Å²) in [5, 5.41) is 6.82. The van der Waals surface area contributed by atoms with Gasteiger partial charge in [-0.05, 0) is 29.8 Å². The maximum atomic E-state index is 14.4. The Bertz CT molecular complexity index is 1430. The first kappa shape index (κ1) is 19.2. The number of amides is 1. The Balaban J connectivity index is 1.42. The van der Waals surface area contributed by atoms with Gasteiger partial charge in [-0.15, -0.1) is 0 Å². The number of furan rings is 1. The summed E-state index contributed by atoms with van der Waals surface area (Å²) in [4.78, 5) is 16.2. The molecule has 7 rings (SSSR count). The highest BCUT2D eigenvalue weighted by Crippen LogP contribution is 2.55. The molecule has 6 heteroatoms. The Kier molecular flexibility index (Phi) is 4.00. The predicted molar refractivity (Wildman–Crippen MR) is 127 cm³/mol. The Morgan fingerprint density at radius 2 is 1.71 bits per heavy atom. The third-order valence-electron chi connectivity index (χ3n) is 6.85. The van der Waals surface area contributed by atoms with Crippen molar-refractivity contribution in [3.8, 4) is 5.75 Å². The first-order valence-corrected chi connectivity index (χ1v) is 11.4. The van der Waals surface area contributed by atoms with Crippen molar-refractivity contribution in [2.75, 3.05) is 4.90 Å². The topological polar surface area (TPSA) is 58.3 Å². The highest BCUT2D eigenvalue weighted by atomic mass is 16.5. The maximum Gasteiger partial charge on any atom is 0.306 e. The van der Waals surface area contributed by atoms with Crippen molar-refractivity contribution in [2.24, 2.45) is 5.10 Å². The molecule has 2 unspecified atom stereocenters. The van der Waals surface area contributed by atoms with Crippen molar-refractivity contribution in [1.29, 1.82) is 0 Å². The fraction of sp³-hybridized carbons (Fsp3) is 0.143. The Labute approximate surface area is 196 Å². The highest BCUT2D eigenvalue weighted by Gasteiger charge is 2.63. The first-order valence-electron chi connectivity index (χ1n) is 11.4. The number of anilines is 1. The number of benzene rings is 3. The molecule has 0 aliphatic carbocycles. The van der Waals surface area contributed by atoms with Gasteiger partial charge < -0.3 is 14.1 Å². The van der Waals surface area contributed by atoms with Crippen molar-refractivity contribution in [3.05, 3.63) is 120 Å². The molecule has 0 radical (unpaired) electrons. The number of para-hydroxylation sites is 2. The second kappa shape index (κ2) is 7.09. The van der Waals surface area contributed by atoms with Gasteiger partial charge in [0.2, 0.25) is 0 Å². The summed E-state index contributed by atoms with van der Waals surface area (Å²) in [6, 6.07) is 29.4. The summed E-state index contributed by atoms with van der Waals surface area (Å²) in [6.45, 7) is 0.455. The monoisotopic (exact) mass is 447 g/mol. The molecule has 3 aliphatic rings. The number of hydrogen-bond donors (Lipinski definition) is 0. The van der Waals surface area contributed by atoms with Crippen LogP contribution in [0.2, 0.25) is 0 Å². The number of hydrogen-bond acceptors (Lipinski definition) is 5. The molecule has 3 aromatic carbocycles. The minimum absolute atomic E-state index is 0.137. The minimum Gasteiger partial charge on any atom is -0.463 e. The molecule has 0 N–H and O–H groups in total. The average Bonchev–Trinajstić information content (AvgIpc) is 3.61. The van der Waals surface area contributed by atoms with Crippen LogP contribution < -0.4 is 9.64 Å². The lowest BCUT2D eigenvalue weighted by Crippen LogP contribution is -2.57. The van der Waals surface area contributed by atoms with Crippen molar-refractivity contribution < 1.29 is 13.9 Å². The molecule has 2 atom stereocenters. The number of fused-ring (bicyclic) bond motifs is 6. The van der Waals surface area contributed by atoms with Crippen LogP contribution >= 0.6 is 0 Å². The zero-order valence-corrected chi connectivity index (χ0v) is 18.3. The van der Waals surface area contributed by atoms with Gasteiger partial charge in [-0.25, -0.2) is 5.01 Å². The number of rotatable bonds is 3. The van der Waals surface area contributed by atoms with E-state index in [-0.39, 0.29) is 11.9 Å². The second-order valence-electron chi connectivity index (χ2n) is 8.77. The Hall–Kier alpha value is -4.32. The van der Waals surface area contributed by atoms with Crippen LogP contribution in [-0.2, 0) is 17.1 Å². The first-order chi connectivity index (χ1) is 16.8. The van der Waals surface area contributed by atoms with E-state index >= 15 is 0 Å². The molecule has 4 aromatic rings. The lowest BCUT2D eigenvalue weighted by Gasteiger charge is -2.44.